The van der Waals surface area contributed by atoms with E-state index in [1.165, 1.54) is 0 Å². The average Bonchev–Trinajstić information content (AvgIpc) is 2.47. The number of hydrogen-bond donors (Lipinski definition) is 3. The summed E-state index contributed by atoms with van der Waals surface area (Å²) in [6.45, 7) is 2.71. The van der Waals surface area contributed by atoms with E-state index in [0.717, 1.165) is 47.8 Å². The second-order valence-electron chi connectivity index (χ2n) is 6.20. The highest BCUT2D eigenvalue weighted by Crippen LogP contribution is 2.17. The molecule has 0 bridgehead atoms. The molecular formula is C17H25Cl2N3O. The van der Waals surface area contributed by atoms with E-state index >= 15 is 0 Å². The molecule has 128 valence electrons. The number of nitrogens with two attached hydrogens (primary N) is 1. The minimum Gasteiger partial charge on any atom is -0.357 e. The van der Waals surface area contributed by atoms with E-state index < -0.39 is 0 Å². The van der Waals surface area contributed by atoms with Crippen molar-refractivity contribution in [3.63, 3.8) is 0 Å². The summed E-state index contributed by atoms with van der Waals surface area (Å²) in [6, 6.07) is 8.54. The van der Waals surface area contributed by atoms with E-state index in [2.05, 4.69) is 10.3 Å². The van der Waals surface area contributed by atoms with Crippen molar-refractivity contribution in [3.8, 4) is 0 Å². The molecule has 2 aromatic rings. The van der Waals surface area contributed by atoms with Gasteiger partial charge in [0.25, 0.3) is 0 Å². The van der Waals surface area contributed by atoms with Crippen LogP contribution in [-0.4, -0.2) is 17.1 Å². The van der Waals surface area contributed by atoms with Crippen molar-refractivity contribution in [2.45, 2.75) is 51.2 Å². The number of hydrogen-bond acceptors (Lipinski definition) is 3. The van der Waals surface area contributed by atoms with Crippen LogP contribution in [0.3, 0.4) is 0 Å². The highest BCUT2D eigenvalue weighted by Gasteiger charge is 2.17. The Morgan fingerprint density at radius 2 is 1.87 bits per heavy atom. The molecule has 1 aliphatic rings. The summed E-state index contributed by atoms with van der Waals surface area (Å²) in [7, 11) is 0. The highest BCUT2D eigenvalue weighted by atomic mass is 35.5. The van der Waals surface area contributed by atoms with Crippen molar-refractivity contribution in [2.24, 2.45) is 5.73 Å². The predicted octanol–water partition coefficient (Wildman–Crippen LogP) is 3.04. The monoisotopic (exact) mass is 357 g/mol. The molecule has 0 atom stereocenters. The Labute approximate surface area is 149 Å². The lowest BCUT2D eigenvalue weighted by Crippen LogP contribution is -2.37. The Morgan fingerprint density at radius 1 is 1.17 bits per heavy atom. The Morgan fingerprint density at radius 3 is 2.57 bits per heavy atom. The maximum atomic E-state index is 12.2. The zero-order chi connectivity index (χ0) is 14.8. The molecule has 0 saturated heterocycles. The first-order chi connectivity index (χ1) is 10.1. The molecule has 0 aliphatic heterocycles. The van der Waals surface area contributed by atoms with Gasteiger partial charge in [0.05, 0.1) is 0 Å². The molecule has 6 heteroatoms. The SMILES string of the molecule is Cc1ccc2[nH]c(CNC3CCC(N)CC3)cc(=O)c2c1.Cl.Cl. The molecule has 0 amide bonds. The quantitative estimate of drug-likeness (QED) is 0.790. The lowest BCUT2D eigenvalue weighted by molar-refractivity contribution is 0.341. The molecular weight excluding hydrogens is 333 g/mol. The van der Waals surface area contributed by atoms with E-state index in [4.69, 9.17) is 5.73 Å². The third-order valence-corrected chi connectivity index (χ3v) is 4.39. The third kappa shape index (κ3) is 4.95. The number of benzene rings is 1. The number of H-pyrrole nitrogens is 1. The number of aromatic amines is 1. The van der Waals surface area contributed by atoms with Gasteiger partial charge in [-0.3, -0.25) is 4.79 Å². The van der Waals surface area contributed by atoms with Crippen LogP contribution in [0.2, 0.25) is 0 Å². The van der Waals surface area contributed by atoms with Crippen LogP contribution < -0.4 is 16.5 Å². The van der Waals surface area contributed by atoms with Crippen LogP contribution >= 0.6 is 24.8 Å². The average molecular weight is 358 g/mol. The number of nitrogens with one attached hydrogen (secondary N) is 2. The Bertz CT molecular complexity index is 694. The fraction of sp³-hybridized carbons (Fsp3) is 0.471. The molecule has 1 aromatic carbocycles. The molecule has 1 heterocycles. The van der Waals surface area contributed by atoms with Crippen molar-refractivity contribution in [1.82, 2.24) is 10.3 Å². The van der Waals surface area contributed by atoms with Gasteiger partial charge in [0, 0.05) is 41.3 Å². The van der Waals surface area contributed by atoms with Gasteiger partial charge in [0.1, 0.15) is 0 Å². The Balaban J connectivity index is 0.00000132. The van der Waals surface area contributed by atoms with E-state index in [1.54, 1.807) is 6.07 Å². The summed E-state index contributed by atoms with van der Waals surface area (Å²) < 4.78 is 0. The van der Waals surface area contributed by atoms with Crippen LogP contribution in [0.1, 0.15) is 36.9 Å². The van der Waals surface area contributed by atoms with Crippen molar-refractivity contribution in [2.75, 3.05) is 0 Å². The van der Waals surface area contributed by atoms with E-state index in [1.807, 2.05) is 25.1 Å². The number of pyridine rings is 1. The minimum absolute atomic E-state index is 0. The largest absolute Gasteiger partial charge is 0.357 e. The summed E-state index contributed by atoms with van der Waals surface area (Å²) >= 11 is 0. The number of aromatic nitrogens is 1. The van der Waals surface area contributed by atoms with Crippen LogP contribution in [0.25, 0.3) is 10.9 Å². The standard InChI is InChI=1S/C17H23N3O.2ClH/c1-11-2-7-16-15(8-11)17(21)9-14(20-16)10-19-13-5-3-12(18)4-6-13;;/h2,7-9,12-13,19H,3-6,10,18H2,1H3,(H,20,21);2*1H. The molecule has 0 radical (unpaired) electrons. The Kier molecular flexibility index (Phi) is 7.55. The van der Waals surface area contributed by atoms with Crippen LogP contribution in [-0.2, 0) is 6.54 Å². The van der Waals surface area contributed by atoms with Crippen molar-refractivity contribution >= 4 is 35.7 Å². The molecule has 1 aromatic heterocycles. The fourth-order valence-electron chi connectivity index (χ4n) is 3.09. The molecule has 3 rings (SSSR count). The predicted molar refractivity (Wildman–Crippen MR) is 101 cm³/mol. The highest BCUT2D eigenvalue weighted by molar-refractivity contribution is 5.85. The Hall–Kier alpha value is -1.07. The maximum absolute atomic E-state index is 12.2. The molecule has 4 N–H and O–H groups in total. The van der Waals surface area contributed by atoms with Gasteiger partial charge in [-0.2, -0.15) is 0 Å². The summed E-state index contributed by atoms with van der Waals surface area (Å²) in [4.78, 5) is 15.5. The molecule has 4 nitrogen and oxygen atoms in total. The summed E-state index contributed by atoms with van der Waals surface area (Å²) in [5, 5.41) is 4.30. The number of fused-ring (bicyclic) bond motifs is 1. The maximum Gasteiger partial charge on any atom is 0.189 e. The fourth-order valence-corrected chi connectivity index (χ4v) is 3.09. The lowest BCUT2D eigenvalue weighted by atomic mass is 9.92. The van der Waals surface area contributed by atoms with Gasteiger partial charge in [-0.25, -0.2) is 0 Å². The molecule has 0 unspecified atom stereocenters. The number of aryl methyl sites for hydroxylation is 1. The summed E-state index contributed by atoms with van der Waals surface area (Å²) in [5.74, 6) is 0. The number of halogens is 2. The first kappa shape index (κ1) is 20.0. The zero-order valence-electron chi connectivity index (χ0n) is 13.3. The molecule has 1 saturated carbocycles. The smallest absolute Gasteiger partial charge is 0.189 e. The van der Waals surface area contributed by atoms with Gasteiger partial charge in [0.2, 0.25) is 0 Å². The first-order valence-corrected chi connectivity index (χ1v) is 7.73. The van der Waals surface area contributed by atoms with E-state index in [9.17, 15) is 4.79 Å². The van der Waals surface area contributed by atoms with Crippen molar-refractivity contribution < 1.29 is 0 Å². The zero-order valence-corrected chi connectivity index (χ0v) is 14.9. The lowest BCUT2D eigenvalue weighted by Gasteiger charge is -2.26. The van der Waals surface area contributed by atoms with Crippen molar-refractivity contribution in [1.29, 1.82) is 0 Å². The van der Waals surface area contributed by atoms with Gasteiger partial charge in [-0.15, -0.1) is 24.8 Å². The van der Waals surface area contributed by atoms with Crippen LogP contribution in [0.5, 0.6) is 0 Å². The van der Waals surface area contributed by atoms with E-state index in [-0.39, 0.29) is 30.2 Å². The first-order valence-electron chi connectivity index (χ1n) is 7.73. The molecule has 0 spiro atoms. The van der Waals surface area contributed by atoms with Gasteiger partial charge in [-0.1, -0.05) is 11.6 Å². The molecule has 1 aliphatic carbocycles. The van der Waals surface area contributed by atoms with Crippen LogP contribution in [0.15, 0.2) is 29.1 Å². The van der Waals surface area contributed by atoms with E-state index in [0.29, 0.717) is 18.6 Å². The number of rotatable bonds is 3. The summed E-state index contributed by atoms with van der Waals surface area (Å²) in [5.41, 5.74) is 8.99. The summed E-state index contributed by atoms with van der Waals surface area (Å²) in [6.07, 6.45) is 4.42. The van der Waals surface area contributed by atoms with Gasteiger partial charge in [0.15, 0.2) is 5.43 Å². The second-order valence-corrected chi connectivity index (χ2v) is 6.20. The normalized spacial score (nSPS) is 20.6. The van der Waals surface area contributed by atoms with Crippen molar-refractivity contribution in [3.05, 3.63) is 45.7 Å². The van der Waals surface area contributed by atoms with Gasteiger partial charge >= 0.3 is 0 Å². The minimum atomic E-state index is 0. The van der Waals surface area contributed by atoms with Gasteiger partial charge < -0.3 is 16.0 Å². The topological polar surface area (TPSA) is 70.9 Å². The molecule has 1 fully saturated rings. The molecule has 23 heavy (non-hydrogen) atoms. The van der Waals surface area contributed by atoms with Crippen LogP contribution in [0, 0.1) is 6.92 Å². The third-order valence-electron chi connectivity index (χ3n) is 4.39. The van der Waals surface area contributed by atoms with Gasteiger partial charge in [-0.05, 0) is 44.7 Å². The second kappa shape index (κ2) is 8.69. The van der Waals surface area contributed by atoms with Crippen LogP contribution in [0.4, 0.5) is 0 Å².